The minimum atomic E-state index is -4.28. The molecule has 3 rings (SSSR count). The van der Waals surface area contributed by atoms with E-state index in [0.717, 1.165) is 28.6 Å². The fraction of sp³-hybridized carbons (Fsp3) is 0.310. The van der Waals surface area contributed by atoms with Crippen molar-refractivity contribution in [2.75, 3.05) is 10.8 Å². The van der Waals surface area contributed by atoms with Crippen molar-refractivity contribution in [1.82, 2.24) is 10.2 Å². The van der Waals surface area contributed by atoms with Crippen LogP contribution in [-0.2, 0) is 26.2 Å². The van der Waals surface area contributed by atoms with Crippen molar-refractivity contribution in [2.45, 2.75) is 57.1 Å². The van der Waals surface area contributed by atoms with Gasteiger partial charge < -0.3 is 10.2 Å². The van der Waals surface area contributed by atoms with Crippen LogP contribution in [0.1, 0.15) is 39.2 Å². The first kappa shape index (κ1) is 29.8. The topological polar surface area (TPSA) is 86.8 Å². The molecule has 0 spiro atoms. The molecule has 7 nitrogen and oxygen atoms in total. The molecule has 0 aromatic heterocycles. The van der Waals surface area contributed by atoms with Crippen LogP contribution >= 0.6 is 0 Å². The van der Waals surface area contributed by atoms with E-state index in [2.05, 4.69) is 5.32 Å². The number of rotatable bonds is 12. The van der Waals surface area contributed by atoms with Crippen molar-refractivity contribution >= 4 is 27.5 Å². The van der Waals surface area contributed by atoms with Crippen molar-refractivity contribution in [2.24, 2.45) is 0 Å². The van der Waals surface area contributed by atoms with Crippen molar-refractivity contribution in [3.63, 3.8) is 0 Å². The van der Waals surface area contributed by atoms with Gasteiger partial charge in [-0.3, -0.25) is 13.9 Å². The van der Waals surface area contributed by atoms with Crippen LogP contribution in [0.15, 0.2) is 83.8 Å². The molecule has 39 heavy (non-hydrogen) atoms. The highest BCUT2D eigenvalue weighted by atomic mass is 32.2. The van der Waals surface area contributed by atoms with E-state index in [0.29, 0.717) is 12.0 Å². The number of anilines is 1. The van der Waals surface area contributed by atoms with Crippen LogP contribution in [0, 0.1) is 11.6 Å². The van der Waals surface area contributed by atoms with E-state index in [1.54, 1.807) is 37.3 Å². The van der Waals surface area contributed by atoms with Crippen LogP contribution in [0.3, 0.4) is 0 Å². The number of nitrogens with zero attached hydrogens (tertiary/aromatic N) is 2. The monoisotopic (exact) mass is 557 g/mol. The first-order chi connectivity index (χ1) is 18.6. The molecule has 0 aliphatic rings. The van der Waals surface area contributed by atoms with Gasteiger partial charge in [0.1, 0.15) is 24.2 Å². The largest absolute Gasteiger partial charge is 0.352 e. The second kappa shape index (κ2) is 13.3. The molecule has 0 radical (unpaired) electrons. The number of para-hydroxylation sites is 1. The molecule has 0 fully saturated rings. The van der Waals surface area contributed by atoms with Gasteiger partial charge in [-0.2, -0.15) is 0 Å². The molecule has 0 bridgehead atoms. The van der Waals surface area contributed by atoms with E-state index in [1.807, 2.05) is 13.8 Å². The normalized spacial score (nSPS) is 12.8. The van der Waals surface area contributed by atoms with Gasteiger partial charge in [-0.05, 0) is 73.9 Å². The van der Waals surface area contributed by atoms with Gasteiger partial charge in [-0.1, -0.05) is 44.2 Å². The van der Waals surface area contributed by atoms with Crippen LogP contribution in [0.25, 0.3) is 0 Å². The first-order valence-electron chi connectivity index (χ1n) is 12.7. The van der Waals surface area contributed by atoms with E-state index in [4.69, 9.17) is 0 Å². The van der Waals surface area contributed by atoms with Gasteiger partial charge in [0.05, 0.1) is 10.6 Å². The molecule has 1 N–H and O–H groups in total. The van der Waals surface area contributed by atoms with Gasteiger partial charge in [-0.25, -0.2) is 17.2 Å². The zero-order valence-corrected chi connectivity index (χ0v) is 23.0. The van der Waals surface area contributed by atoms with Gasteiger partial charge >= 0.3 is 0 Å². The van der Waals surface area contributed by atoms with Crippen molar-refractivity contribution in [3.8, 4) is 0 Å². The molecule has 0 aliphatic heterocycles. The lowest BCUT2D eigenvalue weighted by atomic mass is 10.1. The van der Waals surface area contributed by atoms with E-state index in [9.17, 15) is 26.8 Å². The van der Waals surface area contributed by atoms with E-state index < -0.39 is 40.2 Å². The standard InChI is InChI=1S/C29H33F2N3O4S/c1-4-21(3)32-29(36)27(5-2)33(19-22-11-13-23(30)14-12-22)28(35)20-34(25-9-7-6-8-10-25)39(37,38)26-17-15-24(31)16-18-26/h6-18,21,27H,4-5,19-20H2,1-3H3,(H,32,36)/t21-,27-/m0/s1. The average molecular weight is 558 g/mol. The quantitative estimate of drug-likeness (QED) is 0.344. The van der Waals surface area contributed by atoms with Gasteiger partial charge in [0.15, 0.2) is 0 Å². The summed E-state index contributed by atoms with van der Waals surface area (Å²) >= 11 is 0. The van der Waals surface area contributed by atoms with E-state index >= 15 is 0 Å². The van der Waals surface area contributed by atoms with Gasteiger partial charge in [-0.15, -0.1) is 0 Å². The summed E-state index contributed by atoms with van der Waals surface area (Å²) in [5, 5.41) is 2.90. The summed E-state index contributed by atoms with van der Waals surface area (Å²) in [5.41, 5.74) is 0.807. The number of benzene rings is 3. The van der Waals surface area contributed by atoms with Gasteiger partial charge in [0.25, 0.3) is 10.0 Å². The predicted octanol–water partition coefficient (Wildman–Crippen LogP) is 4.88. The van der Waals surface area contributed by atoms with Crippen LogP contribution in [-0.4, -0.2) is 43.8 Å². The molecule has 10 heteroatoms. The second-order valence-corrected chi connectivity index (χ2v) is 11.1. The third kappa shape index (κ3) is 7.63. The highest BCUT2D eigenvalue weighted by Crippen LogP contribution is 2.25. The number of carbonyl (C=O) groups excluding carboxylic acids is 2. The summed E-state index contributed by atoms with van der Waals surface area (Å²) in [5.74, 6) is -2.03. The maximum Gasteiger partial charge on any atom is 0.264 e. The molecule has 0 saturated carbocycles. The van der Waals surface area contributed by atoms with Crippen molar-refractivity contribution < 1.29 is 26.8 Å². The molecule has 3 aromatic carbocycles. The van der Waals surface area contributed by atoms with E-state index in [-0.39, 0.29) is 35.5 Å². The predicted molar refractivity (Wildman–Crippen MR) is 146 cm³/mol. The number of hydrogen-bond acceptors (Lipinski definition) is 4. The number of amides is 2. The van der Waals surface area contributed by atoms with Crippen LogP contribution < -0.4 is 9.62 Å². The Labute approximate surface area is 228 Å². The third-order valence-electron chi connectivity index (χ3n) is 6.38. The minimum Gasteiger partial charge on any atom is -0.352 e. The Balaban J connectivity index is 2.02. The number of sulfonamides is 1. The van der Waals surface area contributed by atoms with Gasteiger partial charge in [0, 0.05) is 12.6 Å². The van der Waals surface area contributed by atoms with Crippen LogP contribution in [0.4, 0.5) is 14.5 Å². The highest BCUT2D eigenvalue weighted by Gasteiger charge is 2.34. The lowest BCUT2D eigenvalue weighted by molar-refractivity contribution is -0.140. The number of hydrogen-bond donors (Lipinski definition) is 1. The Morgan fingerprint density at radius 1 is 0.846 bits per heavy atom. The van der Waals surface area contributed by atoms with Crippen molar-refractivity contribution in [1.29, 1.82) is 0 Å². The highest BCUT2D eigenvalue weighted by molar-refractivity contribution is 7.92. The lowest BCUT2D eigenvalue weighted by Gasteiger charge is -2.33. The molecule has 0 unspecified atom stereocenters. The molecule has 2 amide bonds. The molecule has 0 aliphatic carbocycles. The maximum atomic E-state index is 13.9. The summed E-state index contributed by atoms with van der Waals surface area (Å²) in [6.45, 7) is 4.88. The first-order valence-corrected chi connectivity index (χ1v) is 14.2. The van der Waals surface area contributed by atoms with Gasteiger partial charge in [0.2, 0.25) is 11.8 Å². The Morgan fingerprint density at radius 3 is 1.95 bits per heavy atom. The fourth-order valence-corrected chi connectivity index (χ4v) is 5.42. The summed E-state index contributed by atoms with van der Waals surface area (Å²) in [7, 11) is -4.28. The molecule has 0 saturated heterocycles. The van der Waals surface area contributed by atoms with Crippen LogP contribution in [0.5, 0.6) is 0 Å². The van der Waals surface area contributed by atoms with E-state index in [1.165, 1.54) is 29.2 Å². The molecule has 0 heterocycles. The maximum absolute atomic E-state index is 13.9. The molecular formula is C29H33F2N3O4S. The second-order valence-electron chi connectivity index (χ2n) is 9.19. The Morgan fingerprint density at radius 2 is 1.41 bits per heavy atom. The summed E-state index contributed by atoms with van der Waals surface area (Å²) in [6, 6.07) is 16.9. The fourth-order valence-electron chi connectivity index (χ4n) is 4.00. The van der Waals surface area contributed by atoms with Crippen LogP contribution in [0.2, 0.25) is 0 Å². The number of nitrogens with one attached hydrogen (secondary N) is 1. The summed E-state index contributed by atoms with van der Waals surface area (Å²) in [4.78, 5) is 28.2. The SMILES string of the molecule is CC[C@H](C)NC(=O)[C@H](CC)N(Cc1ccc(F)cc1)C(=O)CN(c1ccccc1)S(=O)(=O)c1ccc(F)cc1. The summed E-state index contributed by atoms with van der Waals surface area (Å²) < 4.78 is 55.4. The Hall–Kier alpha value is -3.79. The zero-order valence-electron chi connectivity index (χ0n) is 22.2. The number of carbonyl (C=O) groups is 2. The Kier molecular flexibility index (Phi) is 10.2. The zero-order chi connectivity index (χ0) is 28.6. The smallest absolute Gasteiger partial charge is 0.264 e. The third-order valence-corrected chi connectivity index (χ3v) is 8.17. The number of halogens is 2. The summed E-state index contributed by atoms with van der Waals surface area (Å²) in [6.07, 6.45) is 0.955. The van der Waals surface area contributed by atoms with Crippen molar-refractivity contribution in [3.05, 3.63) is 96.1 Å². The molecule has 208 valence electrons. The Bertz CT molecular complexity index is 1350. The molecule has 2 atom stereocenters. The molecular weight excluding hydrogens is 524 g/mol. The lowest BCUT2D eigenvalue weighted by Crippen LogP contribution is -2.53. The minimum absolute atomic E-state index is 0.0369. The average Bonchev–Trinajstić information content (AvgIpc) is 2.93. The molecule has 3 aromatic rings.